The van der Waals surface area contributed by atoms with Crippen LogP contribution in [0.15, 0.2) is 46.6 Å². The molecule has 0 aromatic heterocycles. The SMILES string of the molecule is C=C(c1ccc(Br)cc1)C1OC(=O)C(C#N)=C1N1CCCCC1. The number of hydrogen-bond donors (Lipinski definition) is 0. The van der Waals surface area contributed by atoms with Gasteiger partial charge in [0.2, 0.25) is 0 Å². The second kappa shape index (κ2) is 6.59. The third kappa shape index (κ3) is 3.04. The predicted molar refractivity (Wildman–Crippen MR) is 91.1 cm³/mol. The monoisotopic (exact) mass is 372 g/mol. The molecule has 5 heteroatoms. The molecule has 1 aromatic rings. The summed E-state index contributed by atoms with van der Waals surface area (Å²) in [5.41, 5.74) is 2.41. The Hall–Kier alpha value is -2.06. The van der Waals surface area contributed by atoms with E-state index in [1.165, 1.54) is 6.42 Å². The first-order chi connectivity index (χ1) is 11.1. The zero-order valence-electron chi connectivity index (χ0n) is 12.7. The van der Waals surface area contributed by atoms with Crippen LogP contribution in [0.4, 0.5) is 0 Å². The quantitative estimate of drug-likeness (QED) is 0.759. The molecule has 2 aliphatic rings. The maximum atomic E-state index is 12.1. The second-order valence-electron chi connectivity index (χ2n) is 5.74. The minimum atomic E-state index is -0.573. The van der Waals surface area contributed by atoms with Crippen molar-refractivity contribution in [2.45, 2.75) is 25.4 Å². The van der Waals surface area contributed by atoms with E-state index in [-0.39, 0.29) is 5.57 Å². The molecule has 1 saturated heterocycles. The maximum Gasteiger partial charge on any atom is 0.351 e. The molecule has 2 aliphatic heterocycles. The number of hydrogen-bond acceptors (Lipinski definition) is 4. The number of nitrogens with zero attached hydrogens (tertiary/aromatic N) is 2. The summed E-state index contributed by atoms with van der Waals surface area (Å²) in [5, 5.41) is 9.37. The average Bonchev–Trinajstić information content (AvgIpc) is 2.92. The molecule has 1 fully saturated rings. The Morgan fingerprint density at radius 2 is 1.91 bits per heavy atom. The fraction of sp³-hybridized carbons (Fsp3) is 0.333. The van der Waals surface area contributed by atoms with Gasteiger partial charge >= 0.3 is 5.97 Å². The van der Waals surface area contributed by atoms with Crippen LogP contribution >= 0.6 is 15.9 Å². The van der Waals surface area contributed by atoms with Gasteiger partial charge in [-0.15, -0.1) is 0 Å². The molecule has 0 N–H and O–H groups in total. The van der Waals surface area contributed by atoms with Crippen LogP contribution in [0.2, 0.25) is 0 Å². The molecule has 0 aliphatic carbocycles. The van der Waals surface area contributed by atoms with Crippen molar-refractivity contribution in [3.05, 3.63) is 52.2 Å². The highest BCUT2D eigenvalue weighted by atomic mass is 79.9. The number of esters is 1. The van der Waals surface area contributed by atoms with Gasteiger partial charge < -0.3 is 9.64 Å². The molecule has 0 spiro atoms. The molecule has 23 heavy (non-hydrogen) atoms. The summed E-state index contributed by atoms with van der Waals surface area (Å²) >= 11 is 3.41. The molecular weight excluding hydrogens is 356 g/mol. The molecular formula is C18H17BrN2O2. The number of piperidine rings is 1. The van der Waals surface area contributed by atoms with E-state index in [1.54, 1.807) is 0 Å². The first-order valence-electron chi connectivity index (χ1n) is 7.66. The number of benzene rings is 1. The van der Waals surface area contributed by atoms with Gasteiger partial charge in [0.1, 0.15) is 6.07 Å². The molecule has 2 heterocycles. The highest BCUT2D eigenvalue weighted by molar-refractivity contribution is 9.10. The lowest BCUT2D eigenvalue weighted by Crippen LogP contribution is -2.34. The topological polar surface area (TPSA) is 53.3 Å². The van der Waals surface area contributed by atoms with Crippen LogP contribution < -0.4 is 0 Å². The summed E-state index contributed by atoms with van der Waals surface area (Å²) in [4.78, 5) is 14.2. The molecule has 0 amide bonds. The summed E-state index contributed by atoms with van der Waals surface area (Å²) in [6.45, 7) is 5.82. The number of rotatable bonds is 3. The van der Waals surface area contributed by atoms with Crippen LogP contribution in [0, 0.1) is 11.3 Å². The van der Waals surface area contributed by atoms with E-state index < -0.39 is 12.1 Å². The van der Waals surface area contributed by atoms with Crippen LogP contribution in [0.3, 0.4) is 0 Å². The van der Waals surface area contributed by atoms with Crippen molar-refractivity contribution in [2.24, 2.45) is 0 Å². The van der Waals surface area contributed by atoms with Crippen molar-refractivity contribution in [3.63, 3.8) is 0 Å². The lowest BCUT2D eigenvalue weighted by atomic mass is 9.97. The van der Waals surface area contributed by atoms with Crippen molar-refractivity contribution >= 4 is 27.5 Å². The average molecular weight is 373 g/mol. The number of cyclic esters (lactones) is 1. The molecule has 0 saturated carbocycles. The van der Waals surface area contributed by atoms with Crippen LogP contribution in [-0.2, 0) is 9.53 Å². The Morgan fingerprint density at radius 1 is 1.26 bits per heavy atom. The number of carbonyl (C=O) groups is 1. The van der Waals surface area contributed by atoms with Gasteiger partial charge in [0.05, 0.1) is 5.70 Å². The third-order valence-corrected chi connectivity index (χ3v) is 4.80. The Morgan fingerprint density at radius 3 is 2.52 bits per heavy atom. The number of halogens is 1. The summed E-state index contributed by atoms with van der Waals surface area (Å²) in [6, 6.07) is 9.73. The highest BCUT2D eigenvalue weighted by Crippen LogP contribution is 2.35. The molecule has 1 unspecified atom stereocenters. The zero-order valence-corrected chi connectivity index (χ0v) is 14.3. The standard InChI is InChI=1S/C18H17BrN2O2/c1-12(13-5-7-14(19)8-6-13)17-16(15(11-20)18(22)23-17)21-9-3-2-4-10-21/h5-8,17H,1-4,9-10H2. The molecule has 0 bridgehead atoms. The normalized spacial score (nSPS) is 21.1. The van der Waals surface area contributed by atoms with Crippen molar-refractivity contribution in [1.82, 2.24) is 4.90 Å². The third-order valence-electron chi connectivity index (χ3n) is 4.27. The van der Waals surface area contributed by atoms with Gasteiger partial charge in [-0.05, 0) is 42.5 Å². The van der Waals surface area contributed by atoms with Crippen molar-refractivity contribution in [3.8, 4) is 6.07 Å². The Balaban J connectivity index is 1.95. The van der Waals surface area contributed by atoms with Gasteiger partial charge in [0.25, 0.3) is 0 Å². The van der Waals surface area contributed by atoms with E-state index in [4.69, 9.17) is 4.74 Å². The summed E-state index contributed by atoms with van der Waals surface area (Å²) in [5.74, 6) is -0.545. The molecule has 118 valence electrons. The largest absolute Gasteiger partial charge is 0.447 e. The van der Waals surface area contributed by atoms with Crippen molar-refractivity contribution in [1.29, 1.82) is 5.26 Å². The second-order valence-corrected chi connectivity index (χ2v) is 6.65. The lowest BCUT2D eigenvalue weighted by Gasteiger charge is -2.32. The summed E-state index contributed by atoms with van der Waals surface area (Å²) in [6.07, 6.45) is 2.73. The van der Waals surface area contributed by atoms with Gasteiger partial charge in [-0.1, -0.05) is 34.6 Å². The fourth-order valence-corrected chi connectivity index (χ4v) is 3.33. The van der Waals surface area contributed by atoms with Crippen LogP contribution in [0.1, 0.15) is 24.8 Å². The predicted octanol–water partition coefficient (Wildman–Crippen LogP) is 3.65. The van der Waals surface area contributed by atoms with Gasteiger partial charge in [-0.3, -0.25) is 0 Å². The van der Waals surface area contributed by atoms with Gasteiger partial charge in [-0.2, -0.15) is 5.26 Å². The summed E-state index contributed by atoms with van der Waals surface area (Å²) in [7, 11) is 0. The molecule has 1 aromatic carbocycles. The van der Waals surface area contributed by atoms with Gasteiger partial charge in [0, 0.05) is 17.6 Å². The smallest absolute Gasteiger partial charge is 0.351 e. The molecule has 3 rings (SSSR count). The fourth-order valence-electron chi connectivity index (χ4n) is 3.07. The Bertz CT molecular complexity index is 710. The van der Waals surface area contributed by atoms with Crippen molar-refractivity contribution in [2.75, 3.05) is 13.1 Å². The van der Waals surface area contributed by atoms with Crippen LogP contribution in [0.25, 0.3) is 5.57 Å². The Kier molecular flexibility index (Phi) is 4.53. The minimum absolute atomic E-state index is 0.121. The zero-order chi connectivity index (χ0) is 16.4. The van der Waals surface area contributed by atoms with Gasteiger partial charge in [-0.25, -0.2) is 4.79 Å². The van der Waals surface area contributed by atoms with E-state index in [2.05, 4.69) is 27.4 Å². The number of carbonyl (C=O) groups excluding carboxylic acids is 1. The van der Waals surface area contributed by atoms with E-state index in [0.29, 0.717) is 11.3 Å². The minimum Gasteiger partial charge on any atom is -0.447 e. The van der Waals surface area contributed by atoms with Crippen molar-refractivity contribution < 1.29 is 9.53 Å². The molecule has 0 radical (unpaired) electrons. The lowest BCUT2D eigenvalue weighted by molar-refractivity contribution is -0.137. The number of ether oxygens (including phenoxy) is 1. The molecule has 4 nitrogen and oxygen atoms in total. The first-order valence-corrected chi connectivity index (χ1v) is 8.46. The number of likely N-dealkylation sites (tertiary alicyclic amines) is 1. The summed E-state index contributed by atoms with van der Waals surface area (Å²) < 4.78 is 6.46. The highest BCUT2D eigenvalue weighted by Gasteiger charge is 2.39. The maximum absolute atomic E-state index is 12.1. The van der Waals surface area contributed by atoms with E-state index >= 15 is 0 Å². The van der Waals surface area contributed by atoms with E-state index in [1.807, 2.05) is 30.3 Å². The van der Waals surface area contributed by atoms with E-state index in [0.717, 1.165) is 36.0 Å². The van der Waals surface area contributed by atoms with Gasteiger partial charge in [0.15, 0.2) is 11.7 Å². The van der Waals surface area contributed by atoms with Crippen LogP contribution in [-0.4, -0.2) is 30.1 Å². The molecule has 1 atom stereocenters. The Labute approximate surface area is 144 Å². The van der Waals surface area contributed by atoms with Crippen LogP contribution in [0.5, 0.6) is 0 Å². The first kappa shape index (κ1) is 15.8. The van der Waals surface area contributed by atoms with E-state index in [9.17, 15) is 10.1 Å². The number of nitriles is 1.